The molecule has 1 aromatic rings. The van der Waals surface area contributed by atoms with E-state index in [2.05, 4.69) is 10.5 Å². The summed E-state index contributed by atoms with van der Waals surface area (Å²) in [5.41, 5.74) is 3.21. The van der Waals surface area contributed by atoms with Crippen LogP contribution in [-0.4, -0.2) is 15.7 Å². The second kappa shape index (κ2) is 3.62. The van der Waals surface area contributed by atoms with Crippen LogP contribution in [0.2, 0.25) is 0 Å². The molecule has 0 spiro atoms. The monoisotopic (exact) mass is 204 g/mol. The maximum Gasteiger partial charge on any atom is 0.267 e. The third-order valence-electron chi connectivity index (χ3n) is 2.12. The lowest BCUT2D eigenvalue weighted by Gasteiger charge is -2.23. The van der Waals surface area contributed by atoms with Crippen LogP contribution in [0.3, 0.4) is 0 Å². The largest absolute Gasteiger partial charge is 0.271 e. The fraction of sp³-hybridized carbons (Fsp3) is 0.625. The predicted molar refractivity (Wildman–Crippen MR) is 48.6 cm³/mol. The summed E-state index contributed by atoms with van der Waals surface area (Å²) in [5.74, 6) is 2.19. The molecule has 0 fully saturated rings. The Morgan fingerprint density at radius 1 is 1.64 bits per heavy atom. The Morgan fingerprint density at radius 3 is 2.50 bits per heavy atom. The number of nitrogens with zero attached hydrogens (tertiary/aromatic N) is 2. The summed E-state index contributed by atoms with van der Waals surface area (Å²) in [6.07, 6.45) is 1.53. The van der Waals surface area contributed by atoms with Gasteiger partial charge in [0.15, 0.2) is 0 Å². The summed E-state index contributed by atoms with van der Waals surface area (Å²) in [6, 6.07) is -1.21. The number of alkyl halides is 2. The fourth-order valence-electron chi connectivity index (χ4n) is 1.44. The van der Waals surface area contributed by atoms with Crippen LogP contribution < -0.4 is 11.3 Å². The van der Waals surface area contributed by atoms with Crippen molar-refractivity contribution in [3.05, 3.63) is 17.5 Å². The first-order valence-corrected chi connectivity index (χ1v) is 4.20. The molecule has 1 atom stereocenters. The maximum absolute atomic E-state index is 13.1. The zero-order valence-corrected chi connectivity index (χ0v) is 8.38. The van der Waals surface area contributed by atoms with Gasteiger partial charge in [0.1, 0.15) is 6.04 Å². The molecule has 0 aromatic carbocycles. The molecule has 0 aliphatic heterocycles. The van der Waals surface area contributed by atoms with Crippen LogP contribution in [0, 0.1) is 6.92 Å². The minimum Gasteiger partial charge on any atom is -0.271 e. The van der Waals surface area contributed by atoms with Gasteiger partial charge in [0.05, 0.1) is 11.9 Å². The molecule has 1 unspecified atom stereocenters. The van der Waals surface area contributed by atoms with Gasteiger partial charge in [0.25, 0.3) is 5.92 Å². The number of hydrogen-bond donors (Lipinski definition) is 2. The van der Waals surface area contributed by atoms with E-state index in [4.69, 9.17) is 5.84 Å². The molecule has 4 nitrogen and oxygen atoms in total. The zero-order valence-electron chi connectivity index (χ0n) is 8.38. The smallest absolute Gasteiger partial charge is 0.267 e. The highest BCUT2D eigenvalue weighted by Crippen LogP contribution is 2.31. The first-order chi connectivity index (χ1) is 6.38. The molecule has 1 rings (SSSR count). The molecule has 1 aromatic heterocycles. The topological polar surface area (TPSA) is 55.9 Å². The Labute approximate surface area is 81.1 Å². The molecule has 0 amide bonds. The second-order valence-corrected chi connectivity index (χ2v) is 3.39. The number of aromatic nitrogens is 2. The number of rotatable bonds is 3. The summed E-state index contributed by atoms with van der Waals surface area (Å²) in [5, 5.41) is 3.89. The Hall–Kier alpha value is -1.01. The lowest BCUT2D eigenvalue weighted by Crippen LogP contribution is -2.40. The lowest BCUT2D eigenvalue weighted by atomic mass is 10.1. The number of aryl methyl sites for hydroxylation is 2. The van der Waals surface area contributed by atoms with E-state index in [0.29, 0.717) is 11.3 Å². The normalized spacial score (nSPS) is 14.4. The van der Waals surface area contributed by atoms with Gasteiger partial charge in [-0.05, 0) is 12.5 Å². The van der Waals surface area contributed by atoms with Crippen molar-refractivity contribution in [3.8, 4) is 0 Å². The summed E-state index contributed by atoms with van der Waals surface area (Å²) < 4.78 is 27.7. The van der Waals surface area contributed by atoms with Crippen molar-refractivity contribution in [1.29, 1.82) is 0 Å². The molecule has 80 valence electrons. The van der Waals surface area contributed by atoms with E-state index in [1.54, 1.807) is 14.0 Å². The minimum atomic E-state index is -2.92. The third kappa shape index (κ3) is 1.91. The molecule has 0 saturated heterocycles. The molecule has 0 aliphatic carbocycles. The second-order valence-electron chi connectivity index (χ2n) is 3.39. The van der Waals surface area contributed by atoms with E-state index in [1.165, 1.54) is 10.9 Å². The summed E-state index contributed by atoms with van der Waals surface area (Å²) in [4.78, 5) is 0. The first kappa shape index (κ1) is 11.1. The number of hydrogen-bond acceptors (Lipinski definition) is 3. The van der Waals surface area contributed by atoms with E-state index >= 15 is 0 Å². The zero-order chi connectivity index (χ0) is 10.9. The van der Waals surface area contributed by atoms with Gasteiger partial charge in [-0.25, -0.2) is 14.2 Å². The molecule has 1 heterocycles. The van der Waals surface area contributed by atoms with Gasteiger partial charge >= 0.3 is 0 Å². The van der Waals surface area contributed by atoms with Crippen molar-refractivity contribution in [1.82, 2.24) is 15.2 Å². The van der Waals surface area contributed by atoms with Crippen LogP contribution in [0.5, 0.6) is 0 Å². The van der Waals surface area contributed by atoms with Crippen LogP contribution in [0.1, 0.15) is 24.2 Å². The van der Waals surface area contributed by atoms with E-state index in [0.717, 1.165) is 6.92 Å². The van der Waals surface area contributed by atoms with E-state index in [9.17, 15) is 8.78 Å². The highest BCUT2D eigenvalue weighted by molar-refractivity contribution is 5.21. The molecule has 0 saturated carbocycles. The number of halogens is 2. The van der Waals surface area contributed by atoms with Crippen molar-refractivity contribution < 1.29 is 8.78 Å². The van der Waals surface area contributed by atoms with Gasteiger partial charge in [-0.2, -0.15) is 5.10 Å². The average molecular weight is 204 g/mol. The van der Waals surface area contributed by atoms with Gasteiger partial charge in [-0.1, -0.05) is 0 Å². The third-order valence-corrected chi connectivity index (χ3v) is 2.12. The van der Waals surface area contributed by atoms with Gasteiger partial charge in [-0.3, -0.25) is 10.5 Å². The molecule has 3 N–H and O–H groups in total. The molecule has 14 heavy (non-hydrogen) atoms. The van der Waals surface area contributed by atoms with Gasteiger partial charge in [0, 0.05) is 14.0 Å². The van der Waals surface area contributed by atoms with Crippen molar-refractivity contribution in [2.45, 2.75) is 25.8 Å². The van der Waals surface area contributed by atoms with Crippen molar-refractivity contribution in [2.24, 2.45) is 12.9 Å². The number of nitrogens with two attached hydrogens (primary N) is 1. The van der Waals surface area contributed by atoms with Crippen LogP contribution >= 0.6 is 0 Å². The fourth-order valence-corrected chi connectivity index (χ4v) is 1.44. The highest BCUT2D eigenvalue weighted by Gasteiger charge is 2.37. The minimum absolute atomic E-state index is 0.403. The number of nitrogens with one attached hydrogen (secondary N) is 1. The van der Waals surface area contributed by atoms with Crippen LogP contribution in [-0.2, 0) is 7.05 Å². The molecule has 6 heteroatoms. The Morgan fingerprint density at radius 2 is 2.21 bits per heavy atom. The van der Waals surface area contributed by atoms with Gasteiger partial charge < -0.3 is 0 Å². The van der Waals surface area contributed by atoms with E-state index in [-0.39, 0.29) is 0 Å². The molecule has 0 radical (unpaired) electrons. The lowest BCUT2D eigenvalue weighted by molar-refractivity contribution is -0.0222. The Balaban J connectivity index is 3.13. The Kier molecular flexibility index (Phi) is 2.86. The maximum atomic E-state index is 13.1. The molecular weight excluding hydrogens is 190 g/mol. The summed E-state index contributed by atoms with van der Waals surface area (Å²) in [7, 11) is 1.61. The van der Waals surface area contributed by atoms with Crippen molar-refractivity contribution >= 4 is 0 Å². The first-order valence-electron chi connectivity index (χ1n) is 4.20. The van der Waals surface area contributed by atoms with Crippen molar-refractivity contribution in [2.75, 3.05) is 0 Å². The average Bonchev–Trinajstić information content (AvgIpc) is 2.34. The van der Waals surface area contributed by atoms with Crippen LogP contribution in [0.4, 0.5) is 8.78 Å². The molecular formula is C8H14F2N4. The van der Waals surface area contributed by atoms with E-state index < -0.39 is 12.0 Å². The summed E-state index contributed by atoms with van der Waals surface area (Å²) >= 11 is 0. The molecule has 0 aliphatic rings. The highest BCUT2D eigenvalue weighted by atomic mass is 19.3. The van der Waals surface area contributed by atoms with Gasteiger partial charge in [-0.15, -0.1) is 0 Å². The van der Waals surface area contributed by atoms with Gasteiger partial charge in [0.2, 0.25) is 0 Å². The molecule has 0 bridgehead atoms. The van der Waals surface area contributed by atoms with E-state index in [1.807, 2.05) is 0 Å². The van der Waals surface area contributed by atoms with Crippen LogP contribution in [0.25, 0.3) is 0 Å². The SMILES string of the molecule is Cc1cnn(C)c1C(NN)C(C)(F)F. The van der Waals surface area contributed by atoms with Crippen molar-refractivity contribution in [3.63, 3.8) is 0 Å². The Bertz CT molecular complexity index is 296. The predicted octanol–water partition coefficient (Wildman–Crippen LogP) is 0.888. The standard InChI is InChI=1S/C8H14F2N4/c1-5-4-12-14(3)6(5)7(13-11)8(2,9)10/h4,7,13H,11H2,1-3H3. The number of hydrazine groups is 1. The quantitative estimate of drug-likeness (QED) is 0.568. The summed E-state index contributed by atoms with van der Waals surface area (Å²) in [6.45, 7) is 2.54. The van der Waals surface area contributed by atoms with Crippen LogP contribution in [0.15, 0.2) is 6.20 Å².